The van der Waals surface area contributed by atoms with Crippen molar-refractivity contribution >= 4 is 0 Å². The number of hydrogen-bond acceptors (Lipinski definition) is 4. The van der Waals surface area contributed by atoms with Crippen LogP contribution in [-0.4, -0.2) is 49.7 Å². The Morgan fingerprint density at radius 1 is 1.44 bits per heavy atom. The zero-order valence-electron chi connectivity index (χ0n) is 10.7. The molecule has 0 aromatic heterocycles. The Kier molecular flexibility index (Phi) is 5.69. The van der Waals surface area contributed by atoms with Crippen LogP contribution in [0.3, 0.4) is 0 Å². The van der Waals surface area contributed by atoms with E-state index in [0.29, 0.717) is 13.2 Å². The maximum absolute atomic E-state index is 9.34. The van der Waals surface area contributed by atoms with Crippen LogP contribution in [0.1, 0.15) is 33.1 Å². The molecule has 16 heavy (non-hydrogen) atoms. The molecule has 1 fully saturated rings. The largest absolute Gasteiger partial charge is 0.394 e. The highest BCUT2D eigenvalue weighted by molar-refractivity contribution is 4.95. The number of nitrogens with one attached hydrogen (secondary N) is 1. The van der Waals surface area contributed by atoms with Gasteiger partial charge in [0.1, 0.15) is 0 Å². The van der Waals surface area contributed by atoms with E-state index < -0.39 is 0 Å². The highest BCUT2D eigenvalue weighted by Gasteiger charge is 2.37. The number of ether oxygens (including phenoxy) is 2. The van der Waals surface area contributed by atoms with Crippen molar-refractivity contribution in [2.45, 2.75) is 50.9 Å². The van der Waals surface area contributed by atoms with Crippen LogP contribution in [0.5, 0.6) is 0 Å². The zero-order valence-corrected chi connectivity index (χ0v) is 10.7. The van der Waals surface area contributed by atoms with Crippen LogP contribution < -0.4 is 5.32 Å². The maximum Gasteiger partial charge on any atom is 0.0704 e. The van der Waals surface area contributed by atoms with Gasteiger partial charge in [-0.1, -0.05) is 0 Å². The average Bonchev–Trinajstić information content (AvgIpc) is 2.69. The first-order valence-corrected chi connectivity index (χ1v) is 6.15. The Bertz CT molecular complexity index is 193. The minimum Gasteiger partial charge on any atom is -0.394 e. The topological polar surface area (TPSA) is 50.7 Å². The second-order valence-corrected chi connectivity index (χ2v) is 4.84. The lowest BCUT2D eigenvalue weighted by atomic mass is 9.99. The van der Waals surface area contributed by atoms with Crippen molar-refractivity contribution in [2.24, 2.45) is 0 Å². The molecule has 1 aliphatic rings. The van der Waals surface area contributed by atoms with E-state index in [-0.39, 0.29) is 24.4 Å². The third-order valence-corrected chi connectivity index (χ3v) is 3.28. The van der Waals surface area contributed by atoms with Gasteiger partial charge in [0.05, 0.1) is 32.0 Å². The quantitative estimate of drug-likeness (QED) is 0.640. The van der Waals surface area contributed by atoms with E-state index in [1.54, 1.807) is 0 Å². The molecule has 0 aliphatic heterocycles. The summed E-state index contributed by atoms with van der Waals surface area (Å²) in [5.74, 6) is 0. The van der Waals surface area contributed by atoms with Gasteiger partial charge in [0.2, 0.25) is 0 Å². The number of rotatable bonds is 7. The van der Waals surface area contributed by atoms with Crippen LogP contribution in [0.25, 0.3) is 0 Å². The summed E-state index contributed by atoms with van der Waals surface area (Å²) >= 11 is 0. The van der Waals surface area contributed by atoms with Crippen molar-refractivity contribution in [3.05, 3.63) is 0 Å². The third-order valence-electron chi connectivity index (χ3n) is 3.28. The first-order valence-electron chi connectivity index (χ1n) is 6.15. The summed E-state index contributed by atoms with van der Waals surface area (Å²) in [6.07, 6.45) is 3.41. The maximum atomic E-state index is 9.34. The van der Waals surface area contributed by atoms with E-state index in [0.717, 1.165) is 19.3 Å². The van der Waals surface area contributed by atoms with Gasteiger partial charge >= 0.3 is 0 Å². The Morgan fingerprint density at radius 3 is 2.69 bits per heavy atom. The summed E-state index contributed by atoms with van der Waals surface area (Å²) in [6, 6.07) is 0. The average molecular weight is 231 g/mol. The predicted octanol–water partition coefficient (Wildman–Crippen LogP) is 0.931. The molecule has 0 spiro atoms. The van der Waals surface area contributed by atoms with Gasteiger partial charge in [0.15, 0.2) is 0 Å². The molecule has 0 heterocycles. The number of hydrogen-bond donors (Lipinski definition) is 2. The second-order valence-electron chi connectivity index (χ2n) is 4.84. The third kappa shape index (κ3) is 4.01. The number of aliphatic hydroxyl groups excluding tert-OH is 1. The number of likely N-dealkylation sites (N-methyl/N-ethyl adjacent to an activating group) is 1. The Balaban J connectivity index is 2.16. The molecule has 0 saturated heterocycles. The van der Waals surface area contributed by atoms with Crippen LogP contribution in [0.4, 0.5) is 0 Å². The molecule has 0 aromatic rings. The Labute approximate surface area is 98.3 Å². The normalized spacial score (nSPS) is 30.2. The minimum atomic E-state index is -0.121. The lowest BCUT2D eigenvalue weighted by Gasteiger charge is -2.26. The fourth-order valence-electron chi connectivity index (χ4n) is 2.17. The summed E-state index contributed by atoms with van der Waals surface area (Å²) in [4.78, 5) is 0. The van der Waals surface area contributed by atoms with Crippen molar-refractivity contribution < 1.29 is 14.6 Å². The molecule has 4 nitrogen and oxygen atoms in total. The lowest BCUT2D eigenvalue weighted by Crippen LogP contribution is -2.44. The second kappa shape index (κ2) is 6.55. The fourth-order valence-corrected chi connectivity index (χ4v) is 2.17. The van der Waals surface area contributed by atoms with Gasteiger partial charge in [0, 0.05) is 5.54 Å². The van der Waals surface area contributed by atoms with Gasteiger partial charge in [-0.05, 0) is 40.2 Å². The highest BCUT2D eigenvalue weighted by Crippen LogP contribution is 2.31. The smallest absolute Gasteiger partial charge is 0.0704 e. The molecular weight excluding hydrogens is 206 g/mol. The molecule has 4 heteroatoms. The minimum absolute atomic E-state index is 0.121. The summed E-state index contributed by atoms with van der Waals surface area (Å²) in [5.41, 5.74) is -0.121. The zero-order chi connectivity index (χ0) is 12.0. The monoisotopic (exact) mass is 231 g/mol. The first kappa shape index (κ1) is 13.9. The molecule has 2 unspecified atom stereocenters. The van der Waals surface area contributed by atoms with Crippen molar-refractivity contribution in [3.63, 3.8) is 0 Å². The molecule has 1 rings (SSSR count). The molecule has 0 radical (unpaired) electrons. The number of aliphatic hydroxyl groups is 1. The Hall–Kier alpha value is -0.160. The molecule has 0 amide bonds. The van der Waals surface area contributed by atoms with E-state index in [4.69, 9.17) is 9.47 Å². The van der Waals surface area contributed by atoms with E-state index in [9.17, 15) is 5.11 Å². The fraction of sp³-hybridized carbons (Fsp3) is 1.00. The van der Waals surface area contributed by atoms with Crippen LogP contribution in [0.2, 0.25) is 0 Å². The van der Waals surface area contributed by atoms with Crippen LogP contribution >= 0.6 is 0 Å². The SMILES string of the molecule is CNC1(CO)CCC(OCCOC(C)C)C1. The van der Waals surface area contributed by atoms with Crippen LogP contribution in [0, 0.1) is 0 Å². The summed E-state index contributed by atoms with van der Waals surface area (Å²) in [6.45, 7) is 5.53. The highest BCUT2D eigenvalue weighted by atomic mass is 16.5. The predicted molar refractivity (Wildman–Crippen MR) is 63.6 cm³/mol. The molecule has 0 aromatic carbocycles. The van der Waals surface area contributed by atoms with Crippen LogP contribution in [0.15, 0.2) is 0 Å². The van der Waals surface area contributed by atoms with Gasteiger partial charge in [-0.25, -0.2) is 0 Å². The van der Waals surface area contributed by atoms with Crippen molar-refractivity contribution in [1.82, 2.24) is 5.32 Å². The van der Waals surface area contributed by atoms with Gasteiger partial charge in [-0.15, -0.1) is 0 Å². The van der Waals surface area contributed by atoms with Crippen molar-refractivity contribution in [3.8, 4) is 0 Å². The lowest BCUT2D eigenvalue weighted by molar-refractivity contribution is -0.0135. The van der Waals surface area contributed by atoms with E-state index in [1.165, 1.54) is 0 Å². The van der Waals surface area contributed by atoms with Gasteiger partial charge in [0.25, 0.3) is 0 Å². The Morgan fingerprint density at radius 2 is 2.19 bits per heavy atom. The van der Waals surface area contributed by atoms with Crippen molar-refractivity contribution in [1.29, 1.82) is 0 Å². The molecule has 1 aliphatic carbocycles. The van der Waals surface area contributed by atoms with Gasteiger partial charge in [-0.3, -0.25) is 0 Å². The molecule has 2 N–H and O–H groups in total. The van der Waals surface area contributed by atoms with Crippen molar-refractivity contribution in [2.75, 3.05) is 26.9 Å². The van der Waals surface area contributed by atoms with Crippen LogP contribution in [-0.2, 0) is 9.47 Å². The summed E-state index contributed by atoms with van der Waals surface area (Å²) in [5, 5.41) is 12.5. The summed E-state index contributed by atoms with van der Waals surface area (Å²) < 4.78 is 11.2. The molecule has 0 bridgehead atoms. The van der Waals surface area contributed by atoms with E-state index >= 15 is 0 Å². The summed E-state index contributed by atoms with van der Waals surface area (Å²) in [7, 11) is 1.90. The molecule has 1 saturated carbocycles. The van der Waals surface area contributed by atoms with E-state index in [1.807, 2.05) is 20.9 Å². The molecular formula is C12H25NO3. The molecule has 96 valence electrons. The van der Waals surface area contributed by atoms with E-state index in [2.05, 4.69) is 5.32 Å². The standard InChI is InChI=1S/C12H25NO3/c1-10(2)15-6-7-16-11-4-5-12(8-11,9-14)13-3/h10-11,13-14H,4-9H2,1-3H3. The first-order chi connectivity index (χ1) is 7.62. The van der Waals surface area contributed by atoms with Gasteiger partial charge < -0.3 is 19.9 Å². The molecule has 2 atom stereocenters. The van der Waals surface area contributed by atoms with Gasteiger partial charge in [-0.2, -0.15) is 0 Å².